The van der Waals surface area contributed by atoms with Crippen LogP contribution in [0.1, 0.15) is 126 Å². The van der Waals surface area contributed by atoms with Crippen LogP contribution in [0.5, 0.6) is 0 Å². The molecule has 6 aliphatic rings. The fraction of sp³-hybridized carbons (Fsp3) is 0.923. The Balaban J connectivity index is 1.34. The van der Waals surface area contributed by atoms with E-state index in [1.54, 1.807) is 5.57 Å². The molecule has 4 saturated carbocycles. The zero-order chi connectivity index (χ0) is 31.9. The Morgan fingerprint density at radius 1 is 1.02 bits per heavy atom. The molecule has 0 aromatic rings. The zero-order valence-electron chi connectivity index (χ0n) is 29.7. The lowest BCUT2D eigenvalue weighted by Crippen LogP contribution is -2.69. The third kappa shape index (κ3) is 4.43. The minimum atomic E-state index is -0.575. The number of likely N-dealkylation sites (N-methyl/N-ethyl adjacent to an activating group) is 1. The zero-order valence-corrected chi connectivity index (χ0v) is 29.7. The fourth-order valence-corrected chi connectivity index (χ4v) is 13.3. The highest BCUT2D eigenvalue weighted by Crippen LogP contribution is 2.75. The Morgan fingerprint density at radius 2 is 1.73 bits per heavy atom. The number of nitrogens with one attached hydrogen (secondary N) is 1. The summed E-state index contributed by atoms with van der Waals surface area (Å²) in [7, 11) is 2.13. The van der Waals surface area contributed by atoms with Crippen molar-refractivity contribution in [1.29, 1.82) is 0 Å². The van der Waals surface area contributed by atoms with Crippen LogP contribution in [0.3, 0.4) is 0 Å². The van der Waals surface area contributed by atoms with E-state index in [1.807, 2.05) is 0 Å². The summed E-state index contributed by atoms with van der Waals surface area (Å²) >= 11 is 0. The maximum absolute atomic E-state index is 13.3. The molecule has 0 spiro atoms. The summed E-state index contributed by atoms with van der Waals surface area (Å²) in [6.07, 6.45) is 15.6. The van der Waals surface area contributed by atoms with Gasteiger partial charge in [0.05, 0.1) is 31.8 Å². The van der Waals surface area contributed by atoms with Gasteiger partial charge in [-0.15, -0.1) is 0 Å². The average molecular weight is 612 g/mol. The smallest absolute Gasteiger partial charge is 0.307 e. The Labute approximate surface area is 269 Å². The van der Waals surface area contributed by atoms with Crippen molar-refractivity contribution in [3.63, 3.8) is 0 Å². The van der Waals surface area contributed by atoms with Gasteiger partial charge in [-0.3, -0.25) is 4.79 Å². The number of rotatable bonds is 7. The van der Waals surface area contributed by atoms with E-state index < -0.39 is 5.97 Å². The van der Waals surface area contributed by atoms with Gasteiger partial charge in [0.2, 0.25) is 0 Å². The summed E-state index contributed by atoms with van der Waals surface area (Å²) in [4.78, 5) is 13.3. The van der Waals surface area contributed by atoms with E-state index in [-0.39, 0.29) is 44.6 Å². The highest BCUT2D eigenvalue weighted by atomic mass is 16.5. The first-order valence-corrected chi connectivity index (χ1v) is 18.5. The number of carboxylic acids is 1. The number of fused-ring (bicyclic) bond motifs is 3. The number of aliphatic carboxylic acids is 1. The number of carboxylic acid groups (broad SMARTS) is 1. The van der Waals surface area contributed by atoms with Crippen molar-refractivity contribution in [1.82, 2.24) is 5.32 Å². The van der Waals surface area contributed by atoms with Crippen molar-refractivity contribution in [2.75, 3.05) is 26.9 Å². The van der Waals surface area contributed by atoms with Crippen molar-refractivity contribution in [2.45, 2.75) is 138 Å². The molecule has 0 radical (unpaired) electrons. The monoisotopic (exact) mass is 611 g/mol. The highest BCUT2D eigenvalue weighted by Gasteiger charge is 2.71. The summed E-state index contributed by atoms with van der Waals surface area (Å²) in [6, 6.07) is 0. The SMILES string of the molecule is CNC1(CO[C@H]2[C@H](C)C[C@@]34COC[C@@]2(C)[C@@H]3CC[C@H]2C4=CC[C@@]3(C)[C@H](C(=O)O)[C@@](C)([C@H](C)C(C)C)CC[C@]23C)CCCCC1. The molecule has 1 heterocycles. The van der Waals surface area contributed by atoms with Crippen LogP contribution in [0, 0.1) is 62.6 Å². The van der Waals surface area contributed by atoms with Gasteiger partial charge in [-0.25, -0.2) is 0 Å². The highest BCUT2D eigenvalue weighted by molar-refractivity contribution is 5.73. The molecule has 250 valence electrons. The topological polar surface area (TPSA) is 67.8 Å². The maximum atomic E-state index is 13.3. The van der Waals surface area contributed by atoms with Gasteiger partial charge < -0.3 is 19.9 Å². The van der Waals surface area contributed by atoms with E-state index in [2.05, 4.69) is 73.8 Å². The standard InChI is InChI=1S/C39H65NO4/c1-25(2)27(4)34(5)19-20-36(7)28-13-14-30-35(6)22-43-24-39(30,29(28)15-18-37(36,8)31(34)33(41)42)21-26(3)32(35)44-23-38(40-9)16-11-10-12-17-38/h15,25-28,30-32,40H,10-14,16-24H2,1-9H3,(H,41,42)/t26-,27-,28+,30+,31-,32+,34-,35+,36-,37+,39+/m1/s1. The normalized spacial score (nSPS) is 48.9. The van der Waals surface area contributed by atoms with Crippen LogP contribution in [-0.2, 0) is 14.3 Å². The summed E-state index contributed by atoms with van der Waals surface area (Å²) in [5.74, 6) is 1.38. The van der Waals surface area contributed by atoms with Crippen molar-refractivity contribution >= 4 is 5.97 Å². The van der Waals surface area contributed by atoms with Crippen LogP contribution in [0.2, 0.25) is 0 Å². The molecule has 5 heteroatoms. The van der Waals surface area contributed by atoms with Gasteiger partial charge in [0.1, 0.15) is 0 Å². The van der Waals surface area contributed by atoms with Gasteiger partial charge >= 0.3 is 5.97 Å². The van der Waals surface area contributed by atoms with Gasteiger partial charge in [0, 0.05) is 16.4 Å². The second kappa shape index (κ2) is 11.1. The maximum Gasteiger partial charge on any atom is 0.307 e. The molecular formula is C39H65NO4. The summed E-state index contributed by atoms with van der Waals surface area (Å²) in [5.41, 5.74) is 1.32. The molecule has 0 aromatic carbocycles. The number of hydrogen-bond donors (Lipinski definition) is 2. The first-order valence-electron chi connectivity index (χ1n) is 18.5. The largest absolute Gasteiger partial charge is 0.481 e. The minimum absolute atomic E-state index is 0.00554. The lowest BCUT2D eigenvalue weighted by atomic mass is 9.34. The summed E-state index contributed by atoms with van der Waals surface area (Å²) < 4.78 is 13.8. The molecule has 1 aliphatic heterocycles. The van der Waals surface area contributed by atoms with Crippen molar-refractivity contribution in [2.24, 2.45) is 62.6 Å². The third-order valence-corrected chi connectivity index (χ3v) is 16.2. The Hall–Kier alpha value is -0.910. The fourth-order valence-electron chi connectivity index (χ4n) is 13.3. The second-order valence-electron chi connectivity index (χ2n) is 18.3. The molecule has 0 aromatic heterocycles. The molecule has 11 atom stereocenters. The summed E-state index contributed by atoms with van der Waals surface area (Å²) in [5, 5.41) is 14.7. The summed E-state index contributed by atoms with van der Waals surface area (Å²) in [6.45, 7) is 21.4. The number of hydrogen-bond acceptors (Lipinski definition) is 4. The molecule has 5 fully saturated rings. The lowest BCUT2D eigenvalue weighted by Gasteiger charge is -2.71. The van der Waals surface area contributed by atoms with E-state index in [9.17, 15) is 9.90 Å². The van der Waals surface area contributed by atoms with Crippen molar-refractivity contribution in [3.05, 3.63) is 11.6 Å². The molecule has 2 bridgehead atoms. The predicted octanol–water partition coefficient (Wildman–Crippen LogP) is 8.52. The Morgan fingerprint density at radius 3 is 2.36 bits per heavy atom. The lowest BCUT2D eigenvalue weighted by molar-refractivity contribution is -0.253. The molecule has 6 rings (SSSR count). The second-order valence-corrected chi connectivity index (χ2v) is 18.3. The van der Waals surface area contributed by atoms with Crippen LogP contribution >= 0.6 is 0 Å². The number of allylic oxidation sites excluding steroid dienone is 1. The van der Waals surface area contributed by atoms with Crippen molar-refractivity contribution in [3.8, 4) is 0 Å². The molecule has 0 amide bonds. The van der Waals surface area contributed by atoms with E-state index in [1.165, 1.54) is 44.9 Å². The van der Waals surface area contributed by atoms with Gasteiger partial charge in [0.25, 0.3) is 0 Å². The van der Waals surface area contributed by atoms with Crippen LogP contribution in [-0.4, -0.2) is 49.6 Å². The van der Waals surface area contributed by atoms with Crippen LogP contribution in [0.4, 0.5) is 0 Å². The molecule has 2 N–H and O–H groups in total. The first kappa shape index (κ1) is 33.0. The molecule has 1 saturated heterocycles. The van der Waals surface area contributed by atoms with E-state index in [0.717, 1.165) is 45.5 Å². The van der Waals surface area contributed by atoms with Crippen LogP contribution in [0.15, 0.2) is 11.6 Å². The van der Waals surface area contributed by atoms with Crippen LogP contribution < -0.4 is 5.32 Å². The Kier molecular flexibility index (Phi) is 8.31. The molecule has 0 unspecified atom stereocenters. The van der Waals surface area contributed by atoms with Gasteiger partial charge in [0.15, 0.2) is 0 Å². The van der Waals surface area contributed by atoms with E-state index in [0.29, 0.717) is 29.6 Å². The average Bonchev–Trinajstić information content (AvgIpc) is 2.97. The van der Waals surface area contributed by atoms with Gasteiger partial charge in [-0.05, 0) is 104 Å². The van der Waals surface area contributed by atoms with Gasteiger partial charge in [-0.1, -0.05) is 86.3 Å². The minimum Gasteiger partial charge on any atom is -0.481 e. The molecule has 5 aliphatic carbocycles. The third-order valence-electron chi connectivity index (χ3n) is 16.2. The molecule has 5 nitrogen and oxygen atoms in total. The number of carbonyl (C=O) groups is 1. The molecular weight excluding hydrogens is 546 g/mol. The van der Waals surface area contributed by atoms with Crippen molar-refractivity contribution < 1.29 is 19.4 Å². The first-order chi connectivity index (χ1) is 20.6. The van der Waals surface area contributed by atoms with E-state index in [4.69, 9.17) is 9.47 Å². The van der Waals surface area contributed by atoms with E-state index >= 15 is 0 Å². The predicted molar refractivity (Wildman–Crippen MR) is 177 cm³/mol. The quantitative estimate of drug-likeness (QED) is 0.283. The van der Waals surface area contributed by atoms with Gasteiger partial charge in [-0.2, -0.15) is 0 Å². The number of ether oxygens (including phenoxy) is 2. The molecule has 44 heavy (non-hydrogen) atoms. The Bertz CT molecular complexity index is 1140. The van der Waals surface area contributed by atoms with Crippen LogP contribution in [0.25, 0.3) is 0 Å².